The number of morpholine rings is 1. The van der Waals surface area contributed by atoms with E-state index in [2.05, 4.69) is 5.32 Å². The van der Waals surface area contributed by atoms with Crippen LogP contribution in [0, 0.1) is 0 Å². The molecule has 1 atom stereocenters. The highest BCUT2D eigenvalue weighted by molar-refractivity contribution is 5.95. The molecule has 0 bridgehead atoms. The second kappa shape index (κ2) is 9.33. The Morgan fingerprint density at radius 1 is 1.04 bits per heavy atom. The highest BCUT2D eigenvalue weighted by Gasteiger charge is 2.19. The topological polar surface area (TPSA) is 58.6 Å². The van der Waals surface area contributed by atoms with Gasteiger partial charge in [0.25, 0.3) is 0 Å². The van der Waals surface area contributed by atoms with Crippen molar-refractivity contribution in [1.82, 2.24) is 4.90 Å². The zero-order chi connectivity index (χ0) is 19.1. The van der Waals surface area contributed by atoms with Crippen molar-refractivity contribution in [3.8, 4) is 0 Å². The zero-order valence-electron chi connectivity index (χ0n) is 15.7. The third-order valence-corrected chi connectivity index (χ3v) is 4.87. The van der Waals surface area contributed by atoms with Gasteiger partial charge < -0.3 is 15.0 Å². The van der Waals surface area contributed by atoms with Gasteiger partial charge in [0.2, 0.25) is 11.8 Å². The molecule has 1 fully saturated rings. The highest BCUT2D eigenvalue weighted by atomic mass is 16.5. The molecule has 1 aliphatic rings. The molecule has 142 valence electrons. The van der Waals surface area contributed by atoms with Gasteiger partial charge in [0.1, 0.15) is 0 Å². The molecular weight excluding hydrogens is 340 g/mol. The van der Waals surface area contributed by atoms with Gasteiger partial charge in [-0.25, -0.2) is 0 Å². The molecule has 1 heterocycles. The van der Waals surface area contributed by atoms with E-state index in [0.29, 0.717) is 32.7 Å². The molecule has 0 spiro atoms. The van der Waals surface area contributed by atoms with Crippen molar-refractivity contribution < 1.29 is 14.3 Å². The van der Waals surface area contributed by atoms with Crippen LogP contribution < -0.4 is 5.32 Å². The van der Waals surface area contributed by atoms with Crippen LogP contribution in [0.2, 0.25) is 0 Å². The molecule has 2 amide bonds. The van der Waals surface area contributed by atoms with E-state index in [1.54, 1.807) is 0 Å². The fourth-order valence-corrected chi connectivity index (χ4v) is 3.29. The number of anilines is 1. The van der Waals surface area contributed by atoms with Gasteiger partial charge in [-0.05, 0) is 29.7 Å². The van der Waals surface area contributed by atoms with Crippen LogP contribution in [0.4, 0.5) is 5.69 Å². The largest absolute Gasteiger partial charge is 0.378 e. The molecule has 0 aromatic heterocycles. The molecule has 0 saturated carbocycles. The molecule has 0 radical (unpaired) electrons. The molecule has 3 rings (SSSR count). The number of hydrogen-bond donors (Lipinski definition) is 1. The average molecular weight is 366 g/mol. The minimum absolute atomic E-state index is 0.0131. The summed E-state index contributed by atoms with van der Waals surface area (Å²) in [5.41, 5.74) is 2.71. The SMILES string of the molecule is CCC(C(=O)Nc1ccc(CC(=O)N2CCOCC2)cc1)c1ccccc1. The monoisotopic (exact) mass is 366 g/mol. The number of carbonyl (C=O) groups excluding carboxylic acids is 2. The van der Waals surface area contributed by atoms with Crippen LogP contribution in [0.3, 0.4) is 0 Å². The first-order valence-corrected chi connectivity index (χ1v) is 9.47. The van der Waals surface area contributed by atoms with Crippen LogP contribution in [0.15, 0.2) is 54.6 Å². The van der Waals surface area contributed by atoms with Crippen LogP contribution in [0.5, 0.6) is 0 Å². The molecule has 1 saturated heterocycles. The number of amides is 2. The second-order valence-corrected chi connectivity index (χ2v) is 6.73. The Hall–Kier alpha value is -2.66. The van der Waals surface area contributed by atoms with Crippen molar-refractivity contribution in [2.24, 2.45) is 0 Å². The van der Waals surface area contributed by atoms with Gasteiger partial charge in [-0.2, -0.15) is 0 Å². The second-order valence-electron chi connectivity index (χ2n) is 6.73. The van der Waals surface area contributed by atoms with Gasteiger partial charge in [0.05, 0.1) is 25.6 Å². The fraction of sp³-hybridized carbons (Fsp3) is 0.364. The fourth-order valence-electron chi connectivity index (χ4n) is 3.29. The number of rotatable bonds is 6. The number of hydrogen-bond acceptors (Lipinski definition) is 3. The summed E-state index contributed by atoms with van der Waals surface area (Å²) in [7, 11) is 0. The standard InChI is InChI=1S/C22H26N2O3/c1-2-20(18-6-4-3-5-7-18)22(26)23-19-10-8-17(9-11-19)16-21(25)24-12-14-27-15-13-24/h3-11,20H,2,12-16H2,1H3,(H,23,26). The summed E-state index contributed by atoms with van der Waals surface area (Å²) in [5.74, 6) is -0.0696. The summed E-state index contributed by atoms with van der Waals surface area (Å²) in [6.07, 6.45) is 1.11. The van der Waals surface area contributed by atoms with E-state index in [4.69, 9.17) is 4.74 Å². The van der Waals surface area contributed by atoms with Crippen molar-refractivity contribution in [2.45, 2.75) is 25.7 Å². The molecule has 1 unspecified atom stereocenters. The smallest absolute Gasteiger partial charge is 0.231 e. The summed E-state index contributed by atoms with van der Waals surface area (Å²) < 4.78 is 5.28. The molecule has 1 N–H and O–H groups in total. The maximum atomic E-state index is 12.6. The summed E-state index contributed by atoms with van der Waals surface area (Å²) >= 11 is 0. The minimum Gasteiger partial charge on any atom is -0.378 e. The zero-order valence-corrected chi connectivity index (χ0v) is 15.7. The molecule has 2 aromatic rings. The maximum absolute atomic E-state index is 12.6. The molecule has 5 heteroatoms. The maximum Gasteiger partial charge on any atom is 0.231 e. The Morgan fingerprint density at radius 3 is 2.33 bits per heavy atom. The van der Waals surface area contributed by atoms with Gasteiger partial charge in [-0.15, -0.1) is 0 Å². The predicted octanol–water partition coefficient (Wildman–Crippen LogP) is 3.22. The molecule has 27 heavy (non-hydrogen) atoms. The van der Waals surface area contributed by atoms with Crippen LogP contribution in [-0.2, 0) is 20.7 Å². The third kappa shape index (κ3) is 5.17. The molecular formula is C22H26N2O3. The Morgan fingerprint density at radius 2 is 1.70 bits per heavy atom. The quantitative estimate of drug-likeness (QED) is 0.854. The average Bonchev–Trinajstić information content (AvgIpc) is 2.71. The van der Waals surface area contributed by atoms with Crippen molar-refractivity contribution >= 4 is 17.5 Å². The van der Waals surface area contributed by atoms with Crippen LogP contribution >= 0.6 is 0 Å². The molecule has 5 nitrogen and oxygen atoms in total. The van der Waals surface area contributed by atoms with Crippen LogP contribution in [0.25, 0.3) is 0 Å². The van der Waals surface area contributed by atoms with E-state index in [9.17, 15) is 9.59 Å². The Labute approximate surface area is 160 Å². The summed E-state index contributed by atoms with van der Waals surface area (Å²) in [6, 6.07) is 17.3. The molecule has 2 aromatic carbocycles. The van der Waals surface area contributed by atoms with Crippen molar-refractivity contribution in [3.63, 3.8) is 0 Å². The Kier molecular flexibility index (Phi) is 6.60. The van der Waals surface area contributed by atoms with E-state index in [1.165, 1.54) is 0 Å². The first kappa shape index (κ1) is 19.1. The van der Waals surface area contributed by atoms with Gasteiger partial charge in [-0.1, -0.05) is 49.4 Å². The molecule has 1 aliphatic heterocycles. The van der Waals surface area contributed by atoms with Gasteiger partial charge >= 0.3 is 0 Å². The number of benzene rings is 2. The predicted molar refractivity (Wildman–Crippen MR) is 106 cm³/mol. The van der Waals surface area contributed by atoms with E-state index in [1.807, 2.05) is 66.4 Å². The van der Waals surface area contributed by atoms with Gasteiger partial charge in [-0.3, -0.25) is 9.59 Å². The Balaban J connectivity index is 1.58. The normalized spacial score (nSPS) is 15.2. The summed E-state index contributed by atoms with van der Waals surface area (Å²) in [5, 5.41) is 2.98. The lowest BCUT2D eigenvalue weighted by Gasteiger charge is -2.26. The van der Waals surface area contributed by atoms with Crippen molar-refractivity contribution in [3.05, 3.63) is 65.7 Å². The van der Waals surface area contributed by atoms with Gasteiger partial charge in [0, 0.05) is 18.8 Å². The lowest BCUT2D eigenvalue weighted by atomic mass is 9.95. The number of nitrogens with zero attached hydrogens (tertiary/aromatic N) is 1. The van der Waals surface area contributed by atoms with Crippen LogP contribution in [-0.4, -0.2) is 43.0 Å². The third-order valence-electron chi connectivity index (χ3n) is 4.87. The number of ether oxygens (including phenoxy) is 1. The van der Waals surface area contributed by atoms with Crippen LogP contribution in [0.1, 0.15) is 30.4 Å². The lowest BCUT2D eigenvalue weighted by molar-refractivity contribution is -0.134. The van der Waals surface area contributed by atoms with E-state index < -0.39 is 0 Å². The van der Waals surface area contributed by atoms with E-state index >= 15 is 0 Å². The summed E-state index contributed by atoms with van der Waals surface area (Å²) in [4.78, 5) is 26.8. The first-order valence-electron chi connectivity index (χ1n) is 9.47. The van der Waals surface area contributed by atoms with E-state index in [0.717, 1.165) is 23.2 Å². The van der Waals surface area contributed by atoms with Crippen molar-refractivity contribution in [1.29, 1.82) is 0 Å². The van der Waals surface area contributed by atoms with Crippen molar-refractivity contribution in [2.75, 3.05) is 31.6 Å². The highest BCUT2D eigenvalue weighted by Crippen LogP contribution is 2.22. The van der Waals surface area contributed by atoms with Gasteiger partial charge in [0.15, 0.2) is 0 Å². The number of carbonyl (C=O) groups is 2. The lowest BCUT2D eigenvalue weighted by Crippen LogP contribution is -2.41. The first-order chi connectivity index (χ1) is 13.2. The summed E-state index contributed by atoms with van der Waals surface area (Å²) in [6.45, 7) is 4.54. The Bertz CT molecular complexity index is 753. The number of nitrogens with one attached hydrogen (secondary N) is 1. The minimum atomic E-state index is -0.172. The molecule has 0 aliphatic carbocycles. The van der Waals surface area contributed by atoms with E-state index in [-0.39, 0.29) is 17.7 Å².